The molecule has 0 unspecified atom stereocenters. The smallest absolute Gasteiger partial charge is 0.242 e. The van der Waals surface area contributed by atoms with E-state index < -0.39 is 6.04 Å². The molecule has 1 aliphatic rings. The second-order valence-electron chi connectivity index (χ2n) is 8.30. The van der Waals surface area contributed by atoms with Crippen molar-refractivity contribution in [1.29, 1.82) is 0 Å². The van der Waals surface area contributed by atoms with Crippen LogP contribution in [0.15, 0.2) is 48.5 Å². The third kappa shape index (κ3) is 6.48. The Kier molecular flexibility index (Phi) is 7.93. The lowest BCUT2D eigenvalue weighted by atomic mass is 10.1. The number of aryl methyl sites for hydroxylation is 1. The van der Waals surface area contributed by atoms with E-state index in [4.69, 9.17) is 9.47 Å². The molecule has 0 aromatic heterocycles. The largest absolute Gasteiger partial charge is 0.486 e. The van der Waals surface area contributed by atoms with E-state index in [0.717, 1.165) is 22.6 Å². The van der Waals surface area contributed by atoms with Gasteiger partial charge in [-0.15, -0.1) is 0 Å². The minimum absolute atomic E-state index is 0.0501. The number of hydrogen-bond acceptors (Lipinski definition) is 4. The van der Waals surface area contributed by atoms with E-state index >= 15 is 0 Å². The summed E-state index contributed by atoms with van der Waals surface area (Å²) in [6.07, 6.45) is 0.884. The van der Waals surface area contributed by atoms with Crippen molar-refractivity contribution in [3.8, 4) is 11.5 Å². The first-order valence-electron chi connectivity index (χ1n) is 10.9. The highest BCUT2D eigenvalue weighted by molar-refractivity contribution is 5.87. The van der Waals surface area contributed by atoms with Gasteiger partial charge in [0.1, 0.15) is 19.3 Å². The molecule has 2 aromatic carbocycles. The highest BCUT2D eigenvalue weighted by Crippen LogP contribution is 2.31. The summed E-state index contributed by atoms with van der Waals surface area (Å²) in [4.78, 5) is 27.5. The maximum atomic E-state index is 13.2. The maximum Gasteiger partial charge on any atom is 0.242 e. The number of fused-ring (bicyclic) bond motifs is 1. The van der Waals surface area contributed by atoms with Crippen LogP contribution in [0.25, 0.3) is 0 Å². The predicted molar refractivity (Wildman–Crippen MR) is 120 cm³/mol. The summed E-state index contributed by atoms with van der Waals surface area (Å²) < 4.78 is 11.2. The molecule has 1 atom stereocenters. The molecular formula is C25H32N2O4. The molecule has 31 heavy (non-hydrogen) atoms. The molecule has 6 nitrogen and oxygen atoms in total. The lowest BCUT2D eigenvalue weighted by molar-refractivity contribution is -0.140. The Morgan fingerprint density at radius 1 is 0.968 bits per heavy atom. The van der Waals surface area contributed by atoms with Crippen LogP contribution in [0.1, 0.15) is 38.3 Å². The van der Waals surface area contributed by atoms with E-state index in [1.54, 1.807) is 11.8 Å². The number of nitrogens with one attached hydrogen (secondary N) is 1. The molecule has 0 spiro atoms. The molecule has 1 heterocycles. The van der Waals surface area contributed by atoms with Crippen molar-refractivity contribution in [3.63, 3.8) is 0 Å². The minimum Gasteiger partial charge on any atom is -0.486 e. The molecule has 6 heteroatoms. The lowest BCUT2D eigenvalue weighted by Gasteiger charge is -2.29. The average Bonchev–Trinajstić information content (AvgIpc) is 2.79. The molecule has 0 bridgehead atoms. The molecule has 0 aliphatic carbocycles. The second-order valence-corrected chi connectivity index (χ2v) is 8.30. The van der Waals surface area contributed by atoms with Gasteiger partial charge in [-0.2, -0.15) is 0 Å². The van der Waals surface area contributed by atoms with Crippen molar-refractivity contribution in [3.05, 3.63) is 59.7 Å². The number of carbonyl (C=O) groups is 2. The zero-order chi connectivity index (χ0) is 22.2. The third-order valence-electron chi connectivity index (χ3n) is 5.28. The fraction of sp³-hybridized carbons (Fsp3) is 0.440. The van der Waals surface area contributed by atoms with Gasteiger partial charge in [0.2, 0.25) is 11.8 Å². The molecule has 0 saturated heterocycles. The first kappa shape index (κ1) is 22.7. The number of ether oxygens (including phenoxy) is 2. The van der Waals surface area contributed by atoms with Gasteiger partial charge in [0.05, 0.1) is 0 Å². The highest BCUT2D eigenvalue weighted by atomic mass is 16.6. The quantitative estimate of drug-likeness (QED) is 0.668. The first-order chi connectivity index (χ1) is 14.9. The zero-order valence-corrected chi connectivity index (χ0v) is 18.6. The predicted octanol–water partition coefficient (Wildman–Crippen LogP) is 3.58. The van der Waals surface area contributed by atoms with Crippen LogP contribution in [-0.4, -0.2) is 42.5 Å². The van der Waals surface area contributed by atoms with Crippen LogP contribution in [0, 0.1) is 5.92 Å². The number of rotatable bonds is 9. The highest BCUT2D eigenvalue weighted by Gasteiger charge is 2.26. The normalized spacial score (nSPS) is 13.5. The second kappa shape index (κ2) is 10.8. The average molecular weight is 425 g/mol. The lowest BCUT2D eigenvalue weighted by Crippen LogP contribution is -2.48. The van der Waals surface area contributed by atoms with Gasteiger partial charge in [0.15, 0.2) is 11.5 Å². The SMILES string of the molecule is CC(C)CNC(=O)[C@H](C)N(Cc1ccccc1)C(=O)CCc1ccc2c(c1)OCCO2. The summed E-state index contributed by atoms with van der Waals surface area (Å²) in [5.74, 6) is 1.63. The number of benzene rings is 2. The van der Waals surface area contributed by atoms with Gasteiger partial charge < -0.3 is 19.7 Å². The van der Waals surface area contributed by atoms with Crippen molar-refractivity contribution < 1.29 is 19.1 Å². The van der Waals surface area contributed by atoms with Crippen molar-refractivity contribution in [2.45, 2.75) is 46.2 Å². The molecule has 1 aliphatic heterocycles. The number of nitrogens with zero attached hydrogens (tertiary/aromatic N) is 1. The Morgan fingerprint density at radius 3 is 2.39 bits per heavy atom. The summed E-state index contributed by atoms with van der Waals surface area (Å²) in [6, 6.07) is 15.0. The van der Waals surface area contributed by atoms with Gasteiger partial charge in [0.25, 0.3) is 0 Å². The molecule has 1 N–H and O–H groups in total. The Balaban J connectivity index is 1.68. The van der Waals surface area contributed by atoms with Gasteiger partial charge in [-0.3, -0.25) is 9.59 Å². The van der Waals surface area contributed by atoms with Crippen LogP contribution in [0.4, 0.5) is 0 Å². The summed E-state index contributed by atoms with van der Waals surface area (Å²) in [6.45, 7) is 7.96. The first-order valence-corrected chi connectivity index (χ1v) is 10.9. The van der Waals surface area contributed by atoms with Gasteiger partial charge in [0, 0.05) is 19.5 Å². The van der Waals surface area contributed by atoms with Crippen LogP contribution >= 0.6 is 0 Å². The molecule has 2 amide bonds. The number of hydrogen-bond donors (Lipinski definition) is 1. The van der Waals surface area contributed by atoms with Gasteiger partial charge >= 0.3 is 0 Å². The summed E-state index contributed by atoms with van der Waals surface area (Å²) in [5, 5.41) is 2.95. The van der Waals surface area contributed by atoms with Gasteiger partial charge in [-0.1, -0.05) is 50.2 Å². The van der Waals surface area contributed by atoms with Crippen LogP contribution in [-0.2, 0) is 22.6 Å². The Labute approximate surface area is 184 Å². The third-order valence-corrected chi connectivity index (χ3v) is 5.28. The number of amides is 2. The van der Waals surface area contributed by atoms with Crippen molar-refractivity contribution in [2.24, 2.45) is 5.92 Å². The van der Waals surface area contributed by atoms with Gasteiger partial charge in [-0.25, -0.2) is 0 Å². The van der Waals surface area contributed by atoms with Crippen molar-refractivity contribution >= 4 is 11.8 Å². The van der Waals surface area contributed by atoms with Crippen LogP contribution in [0.5, 0.6) is 11.5 Å². The Hall–Kier alpha value is -3.02. The molecule has 0 saturated carbocycles. The molecule has 166 valence electrons. The number of carbonyl (C=O) groups excluding carboxylic acids is 2. The minimum atomic E-state index is -0.549. The van der Waals surface area contributed by atoms with E-state index in [2.05, 4.69) is 5.32 Å². The standard InChI is InChI=1S/C25H32N2O4/c1-18(2)16-26-25(29)19(3)27(17-21-7-5-4-6-8-21)24(28)12-10-20-9-11-22-23(15-20)31-14-13-30-22/h4-9,11,15,18-19H,10,12-14,16-17H2,1-3H3,(H,26,29)/t19-/m0/s1. The molecule has 3 rings (SSSR count). The summed E-state index contributed by atoms with van der Waals surface area (Å²) in [5.41, 5.74) is 2.01. The van der Waals surface area contributed by atoms with E-state index in [0.29, 0.717) is 45.1 Å². The van der Waals surface area contributed by atoms with E-state index in [-0.39, 0.29) is 11.8 Å². The molecular weight excluding hydrogens is 392 g/mol. The van der Waals surface area contributed by atoms with Gasteiger partial charge in [-0.05, 0) is 42.5 Å². The van der Waals surface area contributed by atoms with Crippen molar-refractivity contribution in [1.82, 2.24) is 10.2 Å². The maximum absolute atomic E-state index is 13.2. The van der Waals surface area contributed by atoms with Crippen LogP contribution in [0.3, 0.4) is 0 Å². The van der Waals surface area contributed by atoms with E-state index in [1.165, 1.54) is 0 Å². The van der Waals surface area contributed by atoms with Crippen LogP contribution in [0.2, 0.25) is 0 Å². The molecule has 2 aromatic rings. The topological polar surface area (TPSA) is 67.9 Å². The Morgan fingerprint density at radius 2 is 1.68 bits per heavy atom. The molecule has 0 fully saturated rings. The zero-order valence-electron chi connectivity index (χ0n) is 18.6. The molecule has 0 radical (unpaired) electrons. The summed E-state index contributed by atoms with van der Waals surface area (Å²) >= 11 is 0. The van der Waals surface area contributed by atoms with Crippen LogP contribution < -0.4 is 14.8 Å². The fourth-order valence-corrected chi connectivity index (χ4v) is 3.45. The monoisotopic (exact) mass is 424 g/mol. The van der Waals surface area contributed by atoms with E-state index in [1.807, 2.05) is 62.4 Å². The fourth-order valence-electron chi connectivity index (χ4n) is 3.45. The van der Waals surface area contributed by atoms with E-state index in [9.17, 15) is 9.59 Å². The van der Waals surface area contributed by atoms with Crippen molar-refractivity contribution in [2.75, 3.05) is 19.8 Å². The Bertz CT molecular complexity index is 882. The summed E-state index contributed by atoms with van der Waals surface area (Å²) in [7, 11) is 0.